The molecule has 0 unspecified atom stereocenters. The van der Waals surface area contributed by atoms with Gasteiger partial charge in [-0.15, -0.1) is 0 Å². The van der Waals surface area contributed by atoms with Crippen molar-refractivity contribution in [2.45, 2.75) is 34.6 Å². The van der Waals surface area contributed by atoms with E-state index in [1.807, 2.05) is 0 Å². The first-order valence-corrected chi connectivity index (χ1v) is 5.04. The van der Waals surface area contributed by atoms with Crippen molar-refractivity contribution in [3.8, 4) is 0 Å². The van der Waals surface area contributed by atoms with E-state index in [0.717, 1.165) is 5.92 Å². The van der Waals surface area contributed by atoms with Crippen molar-refractivity contribution >= 4 is 10.4 Å². The van der Waals surface area contributed by atoms with Crippen molar-refractivity contribution in [2.75, 3.05) is 0 Å². The molecule has 5 heteroatoms. The zero-order valence-electron chi connectivity index (χ0n) is 8.20. The van der Waals surface area contributed by atoms with Gasteiger partial charge in [-0.2, -0.15) is 8.42 Å². The molecule has 0 aromatic rings. The summed E-state index contributed by atoms with van der Waals surface area (Å²) in [5.41, 5.74) is 0.500. The van der Waals surface area contributed by atoms with E-state index in [4.69, 9.17) is 17.5 Å². The lowest BCUT2D eigenvalue weighted by atomic mass is 9.84. The molecule has 0 bridgehead atoms. The first kappa shape index (κ1) is 14.4. The van der Waals surface area contributed by atoms with Crippen molar-refractivity contribution in [3.63, 3.8) is 0 Å². The molecule has 2 N–H and O–H groups in total. The molecule has 0 aliphatic heterocycles. The molecule has 0 aliphatic rings. The van der Waals surface area contributed by atoms with E-state index < -0.39 is 10.4 Å². The fraction of sp³-hybridized carbons (Fsp3) is 1.00. The molecule has 0 spiro atoms. The Kier molecular flexibility index (Phi) is 5.75. The van der Waals surface area contributed by atoms with Gasteiger partial charge in [0.1, 0.15) is 0 Å². The Hall–Kier alpha value is -0.130. The first-order valence-electron chi connectivity index (χ1n) is 3.64. The minimum absolute atomic E-state index is 0.500. The Morgan fingerprint density at radius 3 is 1.17 bits per heavy atom. The summed E-state index contributed by atoms with van der Waals surface area (Å²) < 4.78 is 31.6. The van der Waals surface area contributed by atoms with Crippen LogP contribution in [-0.2, 0) is 10.4 Å². The highest BCUT2D eigenvalue weighted by molar-refractivity contribution is 7.79. The van der Waals surface area contributed by atoms with Crippen LogP contribution in [0.3, 0.4) is 0 Å². The summed E-state index contributed by atoms with van der Waals surface area (Å²) in [6.45, 7) is 11.3. The molecule has 0 saturated carbocycles. The third-order valence-corrected chi connectivity index (χ3v) is 1.73. The van der Waals surface area contributed by atoms with E-state index in [2.05, 4.69) is 34.6 Å². The molecule has 4 nitrogen and oxygen atoms in total. The highest BCUT2D eigenvalue weighted by Crippen LogP contribution is 2.23. The predicted molar refractivity (Wildman–Crippen MR) is 48.5 cm³/mol. The standard InChI is InChI=1S/C7H16.H2O4S/c1-6(2)7(3,4)5;1-5(2,3)4/h6H,1-5H3;(H2,1,2,3,4). The van der Waals surface area contributed by atoms with E-state index in [-0.39, 0.29) is 0 Å². The van der Waals surface area contributed by atoms with Crippen LogP contribution in [0, 0.1) is 11.3 Å². The summed E-state index contributed by atoms with van der Waals surface area (Å²) in [5.74, 6) is 0.799. The molecule has 0 aromatic heterocycles. The highest BCUT2D eigenvalue weighted by atomic mass is 32.3. The van der Waals surface area contributed by atoms with Gasteiger partial charge >= 0.3 is 10.4 Å². The maximum absolute atomic E-state index is 8.74. The summed E-state index contributed by atoms with van der Waals surface area (Å²) in [7, 11) is -4.67. The lowest BCUT2D eigenvalue weighted by Crippen LogP contribution is -2.12. The average molecular weight is 198 g/mol. The Morgan fingerprint density at radius 2 is 1.17 bits per heavy atom. The van der Waals surface area contributed by atoms with Crippen LogP contribution in [-0.4, -0.2) is 17.5 Å². The van der Waals surface area contributed by atoms with Crippen LogP contribution in [0.2, 0.25) is 0 Å². The molecule has 0 saturated heterocycles. The van der Waals surface area contributed by atoms with Crippen LogP contribution in [0.5, 0.6) is 0 Å². The number of rotatable bonds is 0. The zero-order valence-corrected chi connectivity index (χ0v) is 9.01. The van der Waals surface area contributed by atoms with Crippen molar-refractivity contribution in [2.24, 2.45) is 11.3 Å². The summed E-state index contributed by atoms with van der Waals surface area (Å²) >= 11 is 0. The molecule has 0 rings (SSSR count). The van der Waals surface area contributed by atoms with Crippen molar-refractivity contribution in [3.05, 3.63) is 0 Å². The Labute approximate surface area is 74.6 Å². The summed E-state index contributed by atoms with van der Waals surface area (Å²) in [5, 5.41) is 0. The molecule has 0 heterocycles. The first-order chi connectivity index (χ1) is 4.94. The second-order valence-corrected chi connectivity index (χ2v) is 4.86. The second kappa shape index (κ2) is 4.79. The molecule has 0 atom stereocenters. The van der Waals surface area contributed by atoms with Gasteiger partial charge in [0.15, 0.2) is 0 Å². The van der Waals surface area contributed by atoms with Crippen LogP contribution < -0.4 is 0 Å². The van der Waals surface area contributed by atoms with E-state index >= 15 is 0 Å². The topological polar surface area (TPSA) is 74.6 Å². The fourth-order valence-corrected chi connectivity index (χ4v) is 0. The van der Waals surface area contributed by atoms with E-state index in [9.17, 15) is 0 Å². The molecule has 0 aromatic carbocycles. The van der Waals surface area contributed by atoms with Crippen LogP contribution in [0.1, 0.15) is 34.6 Å². The van der Waals surface area contributed by atoms with Gasteiger partial charge in [0.05, 0.1) is 0 Å². The van der Waals surface area contributed by atoms with Gasteiger partial charge < -0.3 is 0 Å². The molecule has 0 amide bonds. The molecule has 0 fully saturated rings. The largest absolute Gasteiger partial charge is 0.394 e. The second-order valence-electron chi connectivity index (χ2n) is 3.97. The zero-order chi connectivity index (χ0) is 10.6. The minimum Gasteiger partial charge on any atom is -0.264 e. The van der Waals surface area contributed by atoms with Crippen molar-refractivity contribution in [1.82, 2.24) is 0 Å². The van der Waals surface area contributed by atoms with Crippen LogP contribution in [0.4, 0.5) is 0 Å². The maximum atomic E-state index is 8.74. The van der Waals surface area contributed by atoms with Crippen molar-refractivity contribution in [1.29, 1.82) is 0 Å². The SMILES string of the molecule is CC(C)C(C)(C)C.O=S(=O)(O)O. The minimum atomic E-state index is -4.67. The van der Waals surface area contributed by atoms with Gasteiger partial charge in [-0.3, -0.25) is 9.11 Å². The van der Waals surface area contributed by atoms with E-state index in [1.54, 1.807) is 0 Å². The quantitative estimate of drug-likeness (QED) is 0.584. The van der Waals surface area contributed by atoms with E-state index in [0.29, 0.717) is 5.41 Å². The third-order valence-electron chi connectivity index (χ3n) is 1.73. The van der Waals surface area contributed by atoms with Crippen LogP contribution >= 0.6 is 0 Å². The summed E-state index contributed by atoms with van der Waals surface area (Å²) in [6.07, 6.45) is 0. The van der Waals surface area contributed by atoms with Gasteiger partial charge in [-0.25, -0.2) is 0 Å². The number of hydrogen-bond donors (Lipinski definition) is 2. The summed E-state index contributed by atoms with van der Waals surface area (Å²) in [6, 6.07) is 0. The van der Waals surface area contributed by atoms with Crippen LogP contribution in [0.15, 0.2) is 0 Å². The van der Waals surface area contributed by atoms with E-state index in [1.165, 1.54) is 0 Å². The Morgan fingerprint density at radius 1 is 1.08 bits per heavy atom. The average Bonchev–Trinajstić information content (AvgIpc) is 1.55. The molecule has 12 heavy (non-hydrogen) atoms. The maximum Gasteiger partial charge on any atom is 0.394 e. The predicted octanol–water partition coefficient (Wildman–Crippen LogP) is 2.04. The van der Waals surface area contributed by atoms with Gasteiger partial charge in [-0.05, 0) is 11.3 Å². The third kappa shape index (κ3) is 22.5. The molecule has 76 valence electrons. The summed E-state index contributed by atoms with van der Waals surface area (Å²) in [4.78, 5) is 0. The number of hydrogen-bond acceptors (Lipinski definition) is 2. The lowest BCUT2D eigenvalue weighted by molar-refractivity contribution is 0.283. The normalized spacial score (nSPS) is 12.3. The monoisotopic (exact) mass is 198 g/mol. The van der Waals surface area contributed by atoms with Gasteiger partial charge in [0.2, 0.25) is 0 Å². The Balaban J connectivity index is 0. The molecular formula is C7H18O4S. The smallest absolute Gasteiger partial charge is 0.264 e. The highest BCUT2D eigenvalue weighted by Gasteiger charge is 2.13. The molecular weight excluding hydrogens is 180 g/mol. The Bertz CT molecular complexity index is 190. The lowest BCUT2D eigenvalue weighted by Gasteiger charge is -2.22. The van der Waals surface area contributed by atoms with Gasteiger partial charge in [0, 0.05) is 0 Å². The van der Waals surface area contributed by atoms with Gasteiger partial charge in [0.25, 0.3) is 0 Å². The van der Waals surface area contributed by atoms with Gasteiger partial charge in [-0.1, -0.05) is 34.6 Å². The van der Waals surface area contributed by atoms with Crippen molar-refractivity contribution < 1.29 is 17.5 Å². The molecule has 0 aliphatic carbocycles. The van der Waals surface area contributed by atoms with Crippen LogP contribution in [0.25, 0.3) is 0 Å². The fourth-order valence-electron chi connectivity index (χ4n) is 0. The molecule has 0 radical (unpaired) electrons.